The summed E-state index contributed by atoms with van der Waals surface area (Å²) < 4.78 is 18.4. The summed E-state index contributed by atoms with van der Waals surface area (Å²) in [7, 11) is 1.51. The second-order valence-electron chi connectivity index (χ2n) is 5.17. The van der Waals surface area contributed by atoms with Gasteiger partial charge < -0.3 is 10.1 Å². The Kier molecular flexibility index (Phi) is 4.62. The van der Waals surface area contributed by atoms with E-state index in [0.717, 1.165) is 10.8 Å². The third-order valence-electron chi connectivity index (χ3n) is 3.57. The third-order valence-corrected chi connectivity index (χ3v) is 3.86. The van der Waals surface area contributed by atoms with Gasteiger partial charge in [-0.15, -0.1) is 0 Å². The molecule has 0 radical (unpaired) electrons. The monoisotopic (exact) mass is 344 g/mol. The van der Waals surface area contributed by atoms with Crippen LogP contribution in [0.25, 0.3) is 10.8 Å². The second kappa shape index (κ2) is 6.84. The normalized spacial score (nSPS) is 10.6. The lowest BCUT2D eigenvalue weighted by Crippen LogP contribution is -2.24. The zero-order chi connectivity index (χ0) is 17.1. The van der Waals surface area contributed by atoms with Gasteiger partial charge in [-0.1, -0.05) is 35.9 Å². The van der Waals surface area contributed by atoms with E-state index in [4.69, 9.17) is 16.3 Å². The highest BCUT2D eigenvalue weighted by atomic mass is 35.5. The van der Waals surface area contributed by atoms with E-state index in [1.807, 2.05) is 24.3 Å². The number of hydrogen-bond donors (Lipinski definition) is 1. The number of pyridine rings is 1. The Morgan fingerprint density at radius 2 is 2.04 bits per heavy atom. The van der Waals surface area contributed by atoms with Crippen LogP contribution in [-0.4, -0.2) is 18.0 Å². The fourth-order valence-electron chi connectivity index (χ4n) is 2.36. The molecule has 1 aromatic heterocycles. The molecule has 0 saturated heterocycles. The van der Waals surface area contributed by atoms with Crippen molar-refractivity contribution >= 4 is 28.3 Å². The van der Waals surface area contributed by atoms with Crippen molar-refractivity contribution in [2.24, 2.45) is 0 Å². The van der Waals surface area contributed by atoms with Crippen LogP contribution in [0.1, 0.15) is 16.1 Å². The minimum absolute atomic E-state index is 0.0206. The Labute approximate surface area is 143 Å². The molecule has 3 rings (SSSR count). The molecule has 0 bridgehead atoms. The molecular weight excluding hydrogens is 331 g/mol. The third kappa shape index (κ3) is 3.31. The van der Waals surface area contributed by atoms with Crippen molar-refractivity contribution in [1.29, 1.82) is 0 Å². The Morgan fingerprint density at radius 3 is 2.79 bits per heavy atom. The maximum atomic E-state index is 13.2. The van der Waals surface area contributed by atoms with Crippen molar-refractivity contribution in [3.8, 4) is 5.88 Å². The van der Waals surface area contributed by atoms with Gasteiger partial charge in [0.25, 0.3) is 5.91 Å². The van der Waals surface area contributed by atoms with Crippen LogP contribution in [-0.2, 0) is 6.54 Å². The van der Waals surface area contributed by atoms with Crippen LogP contribution >= 0.6 is 11.6 Å². The lowest BCUT2D eigenvalue weighted by atomic mass is 10.1. The number of hydrogen-bond acceptors (Lipinski definition) is 3. The molecule has 1 N–H and O–H groups in total. The highest BCUT2D eigenvalue weighted by Crippen LogP contribution is 2.24. The first-order chi connectivity index (χ1) is 11.6. The average molecular weight is 345 g/mol. The van der Waals surface area contributed by atoms with Crippen LogP contribution in [0, 0.1) is 5.82 Å². The Morgan fingerprint density at radius 1 is 1.25 bits per heavy atom. The number of carbonyl (C=O) groups is 1. The van der Waals surface area contributed by atoms with Crippen molar-refractivity contribution in [2.75, 3.05) is 7.11 Å². The molecule has 1 amide bonds. The van der Waals surface area contributed by atoms with Crippen LogP contribution in [0.4, 0.5) is 4.39 Å². The summed E-state index contributed by atoms with van der Waals surface area (Å²) >= 11 is 5.73. The van der Waals surface area contributed by atoms with E-state index in [9.17, 15) is 9.18 Å². The summed E-state index contributed by atoms with van der Waals surface area (Å²) in [6, 6.07) is 13.5. The molecule has 0 unspecified atom stereocenters. The molecular formula is C18H14ClFN2O2. The Hall–Kier alpha value is -2.66. The van der Waals surface area contributed by atoms with Crippen LogP contribution in [0.3, 0.4) is 0 Å². The van der Waals surface area contributed by atoms with Gasteiger partial charge in [0.05, 0.1) is 12.1 Å². The number of ether oxygens (including phenoxy) is 1. The van der Waals surface area contributed by atoms with Crippen molar-refractivity contribution in [1.82, 2.24) is 10.3 Å². The highest BCUT2D eigenvalue weighted by molar-refractivity contribution is 6.30. The number of nitrogens with zero attached hydrogens (tertiary/aromatic N) is 1. The minimum atomic E-state index is -0.493. The predicted octanol–water partition coefficient (Wildman–Crippen LogP) is 3.97. The molecule has 122 valence electrons. The summed E-state index contributed by atoms with van der Waals surface area (Å²) in [5.74, 6) is -0.449. The Balaban J connectivity index is 1.82. The topological polar surface area (TPSA) is 51.2 Å². The van der Waals surface area contributed by atoms with E-state index >= 15 is 0 Å². The summed E-state index contributed by atoms with van der Waals surface area (Å²) in [6.07, 6.45) is 0. The van der Waals surface area contributed by atoms with Crippen LogP contribution in [0.5, 0.6) is 5.88 Å². The molecule has 0 aliphatic heterocycles. The lowest BCUT2D eigenvalue weighted by Gasteiger charge is -2.09. The van der Waals surface area contributed by atoms with Crippen LogP contribution in [0.15, 0.2) is 48.5 Å². The summed E-state index contributed by atoms with van der Waals surface area (Å²) in [6.45, 7) is 0.218. The number of fused-ring (bicyclic) bond motifs is 1. The maximum absolute atomic E-state index is 13.2. The van der Waals surface area contributed by atoms with Gasteiger partial charge >= 0.3 is 0 Å². The maximum Gasteiger partial charge on any atom is 0.270 e. The largest absolute Gasteiger partial charge is 0.481 e. The van der Waals surface area contributed by atoms with E-state index in [1.165, 1.54) is 19.2 Å². The van der Waals surface area contributed by atoms with E-state index in [0.29, 0.717) is 11.4 Å². The lowest BCUT2D eigenvalue weighted by molar-refractivity contribution is 0.0945. The van der Waals surface area contributed by atoms with Gasteiger partial charge in [-0.3, -0.25) is 4.79 Å². The Bertz CT molecular complexity index is 915. The van der Waals surface area contributed by atoms with Crippen molar-refractivity contribution in [2.45, 2.75) is 6.54 Å². The summed E-state index contributed by atoms with van der Waals surface area (Å²) in [5.41, 5.74) is 0.946. The average Bonchev–Trinajstić information content (AvgIpc) is 2.61. The summed E-state index contributed by atoms with van der Waals surface area (Å²) in [5, 5.41) is 4.46. The van der Waals surface area contributed by atoms with Gasteiger partial charge in [-0.2, -0.15) is 0 Å². The fourth-order valence-corrected chi connectivity index (χ4v) is 2.56. The number of halogens is 2. The number of nitrogens with one attached hydrogen (secondary N) is 1. The first kappa shape index (κ1) is 16.2. The van der Waals surface area contributed by atoms with Gasteiger partial charge in [-0.25, -0.2) is 9.37 Å². The minimum Gasteiger partial charge on any atom is -0.481 e. The molecule has 6 heteroatoms. The van der Waals surface area contributed by atoms with E-state index < -0.39 is 5.82 Å². The number of methoxy groups -OCH3 is 1. The SMILES string of the molecule is COc1nc(C(=O)NCc2ccc(F)c(Cl)c2)cc2ccccc12. The summed E-state index contributed by atoms with van der Waals surface area (Å²) in [4.78, 5) is 16.6. The molecule has 0 fully saturated rings. The molecule has 0 saturated carbocycles. The van der Waals surface area contributed by atoms with Crippen LogP contribution in [0.2, 0.25) is 5.02 Å². The highest BCUT2D eigenvalue weighted by Gasteiger charge is 2.12. The molecule has 1 heterocycles. The van der Waals surface area contributed by atoms with Crippen molar-refractivity contribution in [3.63, 3.8) is 0 Å². The van der Waals surface area contributed by atoms with Crippen molar-refractivity contribution in [3.05, 3.63) is 70.6 Å². The quantitative estimate of drug-likeness (QED) is 0.779. The van der Waals surface area contributed by atoms with Crippen molar-refractivity contribution < 1.29 is 13.9 Å². The number of rotatable bonds is 4. The molecule has 4 nitrogen and oxygen atoms in total. The number of amides is 1. The van der Waals surface area contributed by atoms with E-state index in [-0.39, 0.29) is 23.2 Å². The standard InChI is InChI=1S/C18H14ClFN2O2/c1-24-18-13-5-3-2-4-12(13)9-16(22-18)17(23)21-10-11-6-7-15(20)14(19)8-11/h2-9H,10H2,1H3,(H,21,23). The van der Waals surface area contributed by atoms with E-state index in [1.54, 1.807) is 12.1 Å². The van der Waals surface area contributed by atoms with Gasteiger partial charge in [0.2, 0.25) is 5.88 Å². The number of benzene rings is 2. The van der Waals surface area contributed by atoms with Gasteiger partial charge in [0.15, 0.2) is 0 Å². The predicted molar refractivity (Wildman–Crippen MR) is 90.9 cm³/mol. The molecule has 0 aliphatic carbocycles. The molecule has 2 aromatic carbocycles. The molecule has 3 aromatic rings. The van der Waals surface area contributed by atoms with Crippen LogP contribution < -0.4 is 10.1 Å². The first-order valence-electron chi connectivity index (χ1n) is 7.24. The number of carbonyl (C=O) groups excluding carboxylic acids is 1. The molecule has 24 heavy (non-hydrogen) atoms. The zero-order valence-electron chi connectivity index (χ0n) is 12.8. The zero-order valence-corrected chi connectivity index (χ0v) is 13.6. The molecule has 0 spiro atoms. The van der Waals surface area contributed by atoms with Gasteiger partial charge in [0, 0.05) is 11.9 Å². The van der Waals surface area contributed by atoms with Gasteiger partial charge in [-0.05, 0) is 35.2 Å². The van der Waals surface area contributed by atoms with Gasteiger partial charge in [0.1, 0.15) is 11.5 Å². The molecule has 0 atom stereocenters. The number of aromatic nitrogens is 1. The smallest absolute Gasteiger partial charge is 0.270 e. The fraction of sp³-hybridized carbons (Fsp3) is 0.111. The molecule has 0 aliphatic rings. The van der Waals surface area contributed by atoms with E-state index in [2.05, 4.69) is 10.3 Å². The first-order valence-corrected chi connectivity index (χ1v) is 7.62. The second-order valence-corrected chi connectivity index (χ2v) is 5.58.